The van der Waals surface area contributed by atoms with Gasteiger partial charge in [-0.15, -0.1) is 0 Å². The Morgan fingerprint density at radius 1 is 1.35 bits per heavy atom. The lowest BCUT2D eigenvalue weighted by molar-refractivity contribution is -0.122. The number of hydrogen-bond donors (Lipinski definition) is 3. The molecular formula is C13H20N2O4S. The summed E-state index contributed by atoms with van der Waals surface area (Å²) in [4.78, 5) is 11.8. The molecule has 0 aliphatic rings. The van der Waals surface area contributed by atoms with Crippen LogP contribution in [0.4, 0.5) is 0 Å². The number of rotatable bonds is 6. The van der Waals surface area contributed by atoms with Crippen molar-refractivity contribution in [1.29, 1.82) is 0 Å². The Bertz CT molecular complexity index is 554. The first-order valence-electron chi connectivity index (χ1n) is 6.19. The first-order chi connectivity index (χ1) is 9.17. The summed E-state index contributed by atoms with van der Waals surface area (Å²) in [7, 11) is -3.14. The third-order valence-electron chi connectivity index (χ3n) is 2.67. The number of hydrogen-bond acceptors (Lipinski definition) is 5. The highest BCUT2D eigenvalue weighted by Gasteiger charge is 2.18. The molecule has 1 amide bonds. The maximum Gasteiger partial charge on any atom is 0.237 e. The SMILES string of the molecule is CC(CS(C)(=O)=O)NC(=O)C(N)Cc1ccc(O)cc1. The first-order valence-corrected chi connectivity index (χ1v) is 8.25. The fraction of sp³-hybridized carbons (Fsp3) is 0.462. The van der Waals surface area contributed by atoms with Gasteiger partial charge < -0.3 is 16.2 Å². The lowest BCUT2D eigenvalue weighted by atomic mass is 10.1. The highest BCUT2D eigenvalue weighted by Crippen LogP contribution is 2.10. The second-order valence-corrected chi connectivity index (χ2v) is 7.16. The smallest absolute Gasteiger partial charge is 0.237 e. The Kier molecular flexibility index (Phi) is 5.52. The number of carbonyl (C=O) groups is 1. The van der Waals surface area contributed by atoms with Gasteiger partial charge in [-0.2, -0.15) is 0 Å². The molecule has 0 aliphatic heterocycles. The van der Waals surface area contributed by atoms with Crippen molar-refractivity contribution in [1.82, 2.24) is 5.32 Å². The van der Waals surface area contributed by atoms with Crippen LogP contribution in [0.15, 0.2) is 24.3 Å². The molecule has 6 nitrogen and oxygen atoms in total. The fourth-order valence-corrected chi connectivity index (χ4v) is 2.82. The Hall–Kier alpha value is -1.60. The van der Waals surface area contributed by atoms with Gasteiger partial charge in [0.1, 0.15) is 15.6 Å². The van der Waals surface area contributed by atoms with Crippen LogP contribution in [0.2, 0.25) is 0 Å². The summed E-state index contributed by atoms with van der Waals surface area (Å²) >= 11 is 0. The molecule has 2 atom stereocenters. The molecule has 0 saturated carbocycles. The number of nitrogens with two attached hydrogens (primary N) is 1. The van der Waals surface area contributed by atoms with Crippen LogP contribution in [0.5, 0.6) is 5.75 Å². The fourth-order valence-electron chi connectivity index (χ4n) is 1.82. The van der Waals surface area contributed by atoms with Gasteiger partial charge >= 0.3 is 0 Å². The molecule has 0 radical (unpaired) electrons. The maximum absolute atomic E-state index is 11.8. The number of nitrogens with one attached hydrogen (secondary N) is 1. The number of benzene rings is 1. The lowest BCUT2D eigenvalue weighted by Gasteiger charge is -2.17. The molecule has 0 bridgehead atoms. The predicted octanol–water partition coefficient (Wildman–Crippen LogP) is -0.189. The number of aromatic hydroxyl groups is 1. The summed E-state index contributed by atoms with van der Waals surface area (Å²) in [5.41, 5.74) is 6.60. The molecule has 0 aliphatic carbocycles. The molecule has 4 N–H and O–H groups in total. The van der Waals surface area contributed by atoms with Crippen LogP contribution in [0.3, 0.4) is 0 Å². The Balaban J connectivity index is 2.52. The minimum Gasteiger partial charge on any atom is -0.508 e. The van der Waals surface area contributed by atoms with Crippen LogP contribution in [-0.4, -0.2) is 43.5 Å². The van der Waals surface area contributed by atoms with E-state index >= 15 is 0 Å². The molecule has 0 aromatic heterocycles. The summed E-state index contributed by atoms with van der Waals surface area (Å²) in [5.74, 6) is -0.368. The summed E-state index contributed by atoms with van der Waals surface area (Å²) in [6, 6.07) is 5.16. The highest BCUT2D eigenvalue weighted by atomic mass is 32.2. The largest absolute Gasteiger partial charge is 0.508 e. The Labute approximate surface area is 118 Å². The van der Waals surface area contributed by atoms with Gasteiger partial charge in [-0.05, 0) is 31.0 Å². The van der Waals surface area contributed by atoms with Crippen molar-refractivity contribution in [3.05, 3.63) is 29.8 Å². The Morgan fingerprint density at radius 2 is 1.90 bits per heavy atom. The maximum atomic E-state index is 11.8. The summed E-state index contributed by atoms with van der Waals surface area (Å²) in [6.45, 7) is 1.62. The van der Waals surface area contributed by atoms with Crippen LogP contribution in [-0.2, 0) is 21.1 Å². The molecular weight excluding hydrogens is 280 g/mol. The van der Waals surface area contributed by atoms with E-state index in [1.165, 1.54) is 12.1 Å². The average Bonchev–Trinajstić information content (AvgIpc) is 2.29. The monoisotopic (exact) mass is 300 g/mol. The number of phenolic OH excluding ortho intramolecular Hbond substituents is 1. The number of carbonyl (C=O) groups excluding carboxylic acids is 1. The van der Waals surface area contributed by atoms with E-state index in [1.54, 1.807) is 19.1 Å². The van der Waals surface area contributed by atoms with E-state index in [0.717, 1.165) is 11.8 Å². The molecule has 1 rings (SSSR count). The van der Waals surface area contributed by atoms with E-state index in [9.17, 15) is 13.2 Å². The van der Waals surface area contributed by atoms with Crippen LogP contribution in [0.1, 0.15) is 12.5 Å². The third-order valence-corrected chi connectivity index (χ3v) is 3.78. The van der Waals surface area contributed by atoms with Gasteiger partial charge in [0.2, 0.25) is 5.91 Å². The van der Waals surface area contributed by atoms with Crippen molar-refractivity contribution >= 4 is 15.7 Å². The third kappa shape index (κ3) is 6.03. The topological polar surface area (TPSA) is 109 Å². The summed E-state index contributed by atoms with van der Waals surface area (Å²) < 4.78 is 22.2. The van der Waals surface area contributed by atoms with Crippen LogP contribution >= 0.6 is 0 Å². The zero-order valence-corrected chi connectivity index (χ0v) is 12.4. The van der Waals surface area contributed by atoms with Gasteiger partial charge in [-0.1, -0.05) is 12.1 Å². The van der Waals surface area contributed by atoms with Crippen molar-refractivity contribution < 1.29 is 18.3 Å². The quantitative estimate of drug-likeness (QED) is 0.674. The molecule has 0 heterocycles. The van der Waals surface area contributed by atoms with Crippen LogP contribution in [0.25, 0.3) is 0 Å². The van der Waals surface area contributed by atoms with Gasteiger partial charge in [0.25, 0.3) is 0 Å². The van der Waals surface area contributed by atoms with Crippen molar-refractivity contribution in [3.8, 4) is 5.75 Å². The lowest BCUT2D eigenvalue weighted by Crippen LogP contribution is -2.47. The van der Waals surface area contributed by atoms with Crippen LogP contribution in [0, 0.1) is 0 Å². The van der Waals surface area contributed by atoms with Gasteiger partial charge in [-0.25, -0.2) is 8.42 Å². The van der Waals surface area contributed by atoms with E-state index in [4.69, 9.17) is 10.8 Å². The zero-order valence-electron chi connectivity index (χ0n) is 11.5. The second-order valence-electron chi connectivity index (χ2n) is 4.98. The number of phenols is 1. The van der Waals surface area contributed by atoms with Gasteiger partial charge in [-0.3, -0.25) is 4.79 Å². The standard InChI is InChI=1S/C13H20N2O4S/c1-9(8-20(2,18)19)15-13(17)12(14)7-10-3-5-11(16)6-4-10/h3-6,9,12,16H,7-8,14H2,1-2H3,(H,15,17). The number of sulfone groups is 1. The molecule has 0 saturated heterocycles. The van der Waals surface area contributed by atoms with Crippen molar-refractivity contribution in [2.24, 2.45) is 5.73 Å². The molecule has 20 heavy (non-hydrogen) atoms. The highest BCUT2D eigenvalue weighted by molar-refractivity contribution is 7.90. The molecule has 7 heteroatoms. The minimum atomic E-state index is -3.14. The molecule has 0 spiro atoms. The van der Waals surface area contributed by atoms with Gasteiger partial charge in [0, 0.05) is 12.3 Å². The Morgan fingerprint density at radius 3 is 2.40 bits per heavy atom. The van der Waals surface area contributed by atoms with E-state index in [0.29, 0.717) is 6.42 Å². The molecule has 1 aromatic rings. The van der Waals surface area contributed by atoms with E-state index in [1.807, 2.05) is 0 Å². The average molecular weight is 300 g/mol. The van der Waals surface area contributed by atoms with Gasteiger partial charge in [0.15, 0.2) is 0 Å². The van der Waals surface area contributed by atoms with E-state index in [2.05, 4.69) is 5.32 Å². The molecule has 1 aromatic carbocycles. The van der Waals surface area contributed by atoms with E-state index < -0.39 is 27.8 Å². The predicted molar refractivity (Wildman–Crippen MR) is 77.1 cm³/mol. The first kappa shape index (κ1) is 16.5. The zero-order chi connectivity index (χ0) is 15.3. The summed E-state index contributed by atoms with van der Waals surface area (Å²) in [5, 5.41) is 11.7. The summed E-state index contributed by atoms with van der Waals surface area (Å²) in [6.07, 6.45) is 1.43. The number of amides is 1. The molecule has 112 valence electrons. The van der Waals surface area contributed by atoms with Crippen molar-refractivity contribution in [2.75, 3.05) is 12.0 Å². The molecule has 2 unspecified atom stereocenters. The molecule has 0 fully saturated rings. The van der Waals surface area contributed by atoms with Crippen molar-refractivity contribution in [2.45, 2.75) is 25.4 Å². The van der Waals surface area contributed by atoms with Crippen molar-refractivity contribution in [3.63, 3.8) is 0 Å². The normalized spacial score (nSPS) is 14.6. The second kappa shape index (κ2) is 6.71. The van der Waals surface area contributed by atoms with Gasteiger partial charge in [0.05, 0.1) is 11.8 Å². The van der Waals surface area contributed by atoms with E-state index in [-0.39, 0.29) is 11.5 Å². The van der Waals surface area contributed by atoms with Crippen LogP contribution < -0.4 is 11.1 Å². The minimum absolute atomic E-state index is 0.120.